The maximum absolute atomic E-state index is 12.3. The molecule has 2 aromatic carbocycles. The number of hydrogen-bond donors (Lipinski definition) is 1. The van der Waals surface area contributed by atoms with Crippen LogP contribution >= 0.6 is 0 Å². The number of aromatic nitrogens is 2. The Morgan fingerprint density at radius 1 is 1.06 bits per heavy atom. The summed E-state index contributed by atoms with van der Waals surface area (Å²) in [6.45, 7) is 7.53. The molecule has 0 spiro atoms. The number of imidazole rings is 1. The Morgan fingerprint density at radius 2 is 1.81 bits per heavy atom. The lowest BCUT2D eigenvalue weighted by atomic mass is 10.2. The topological polar surface area (TPSA) is 59.4 Å². The highest BCUT2D eigenvalue weighted by Gasteiger charge is 2.18. The predicted octanol–water partition coefficient (Wildman–Crippen LogP) is 5.01. The Kier molecular flexibility index (Phi) is 6.87. The fraction of sp³-hybridized carbons (Fsp3) is 0.440. The molecule has 0 saturated carbocycles. The Morgan fingerprint density at radius 3 is 2.52 bits per heavy atom. The highest BCUT2D eigenvalue weighted by Crippen LogP contribution is 2.25. The standard InChI is InChI=1S/C25H32N4O2/c1-19(2)29-23-13-12-20(26-25(30)18-31-21-10-6-5-7-11-21)16-22(23)27-24(29)17-28-14-8-3-4-9-15-28/h5-7,10-13,16,19H,3-4,8-9,14-15,17-18H2,1-2H3,(H,26,30). The third kappa shape index (κ3) is 5.44. The van der Waals surface area contributed by atoms with E-state index in [1.807, 2.05) is 42.5 Å². The zero-order chi connectivity index (χ0) is 21.6. The second-order valence-electron chi connectivity index (χ2n) is 8.54. The molecule has 1 aliphatic rings. The van der Waals surface area contributed by atoms with Crippen LogP contribution < -0.4 is 10.1 Å². The molecule has 1 N–H and O–H groups in total. The number of likely N-dealkylation sites (tertiary alicyclic amines) is 1. The number of hydrogen-bond acceptors (Lipinski definition) is 4. The average molecular weight is 421 g/mol. The number of rotatable bonds is 7. The van der Waals surface area contributed by atoms with Crippen LogP contribution in [-0.2, 0) is 11.3 Å². The minimum atomic E-state index is -0.184. The van der Waals surface area contributed by atoms with Crippen LogP contribution in [0.3, 0.4) is 0 Å². The molecule has 1 aromatic heterocycles. The van der Waals surface area contributed by atoms with E-state index in [4.69, 9.17) is 9.72 Å². The van der Waals surface area contributed by atoms with Gasteiger partial charge in [0.05, 0.1) is 17.6 Å². The van der Waals surface area contributed by atoms with Gasteiger partial charge in [-0.1, -0.05) is 31.0 Å². The molecule has 31 heavy (non-hydrogen) atoms. The quantitative estimate of drug-likeness (QED) is 0.584. The summed E-state index contributed by atoms with van der Waals surface area (Å²) in [4.78, 5) is 19.8. The summed E-state index contributed by atoms with van der Waals surface area (Å²) in [5, 5.41) is 2.93. The number of para-hydroxylation sites is 1. The van der Waals surface area contributed by atoms with Gasteiger partial charge in [0.2, 0.25) is 0 Å². The molecule has 6 nitrogen and oxygen atoms in total. The number of amides is 1. The van der Waals surface area contributed by atoms with Crippen molar-refractivity contribution >= 4 is 22.6 Å². The lowest BCUT2D eigenvalue weighted by Crippen LogP contribution is -2.26. The minimum Gasteiger partial charge on any atom is -0.484 e. The molecule has 6 heteroatoms. The molecule has 4 rings (SSSR count). The van der Waals surface area contributed by atoms with Gasteiger partial charge < -0.3 is 14.6 Å². The van der Waals surface area contributed by atoms with Gasteiger partial charge in [-0.05, 0) is 70.1 Å². The number of nitrogens with zero attached hydrogens (tertiary/aromatic N) is 3. The lowest BCUT2D eigenvalue weighted by molar-refractivity contribution is -0.118. The molecule has 2 heterocycles. The molecule has 0 radical (unpaired) electrons. The molecule has 1 saturated heterocycles. The second-order valence-corrected chi connectivity index (χ2v) is 8.54. The zero-order valence-corrected chi connectivity index (χ0v) is 18.5. The van der Waals surface area contributed by atoms with Crippen molar-refractivity contribution in [2.75, 3.05) is 25.0 Å². The summed E-state index contributed by atoms with van der Waals surface area (Å²) in [5.41, 5.74) is 2.77. The first-order valence-electron chi connectivity index (χ1n) is 11.3. The molecule has 1 fully saturated rings. The predicted molar refractivity (Wildman–Crippen MR) is 124 cm³/mol. The Hall–Kier alpha value is -2.86. The van der Waals surface area contributed by atoms with Crippen molar-refractivity contribution in [3.63, 3.8) is 0 Å². The largest absolute Gasteiger partial charge is 0.484 e. The van der Waals surface area contributed by atoms with Gasteiger partial charge in [-0.3, -0.25) is 9.69 Å². The zero-order valence-electron chi connectivity index (χ0n) is 18.5. The van der Waals surface area contributed by atoms with E-state index in [9.17, 15) is 4.79 Å². The summed E-state index contributed by atoms with van der Waals surface area (Å²) >= 11 is 0. The highest BCUT2D eigenvalue weighted by atomic mass is 16.5. The van der Waals surface area contributed by atoms with Crippen LogP contribution in [0.2, 0.25) is 0 Å². The van der Waals surface area contributed by atoms with Crippen molar-refractivity contribution in [3.05, 3.63) is 54.4 Å². The third-order valence-electron chi connectivity index (χ3n) is 5.74. The molecular formula is C25H32N4O2. The molecule has 1 amide bonds. The van der Waals surface area contributed by atoms with Crippen molar-refractivity contribution in [3.8, 4) is 5.75 Å². The van der Waals surface area contributed by atoms with Gasteiger partial charge in [0.15, 0.2) is 6.61 Å². The van der Waals surface area contributed by atoms with Gasteiger partial charge in [-0.2, -0.15) is 0 Å². The Balaban J connectivity index is 1.48. The van der Waals surface area contributed by atoms with E-state index < -0.39 is 0 Å². The maximum atomic E-state index is 12.3. The summed E-state index contributed by atoms with van der Waals surface area (Å²) in [5.74, 6) is 1.60. The van der Waals surface area contributed by atoms with E-state index in [0.29, 0.717) is 11.8 Å². The first-order valence-corrected chi connectivity index (χ1v) is 11.3. The summed E-state index contributed by atoms with van der Waals surface area (Å²) in [6.07, 6.45) is 5.19. The normalized spacial score (nSPS) is 15.2. The number of nitrogens with one attached hydrogen (secondary N) is 1. The highest BCUT2D eigenvalue weighted by molar-refractivity contribution is 5.94. The molecule has 3 aromatic rings. The fourth-order valence-corrected chi connectivity index (χ4v) is 4.27. The van der Waals surface area contributed by atoms with E-state index >= 15 is 0 Å². The first kappa shape index (κ1) is 21.4. The number of anilines is 1. The van der Waals surface area contributed by atoms with Gasteiger partial charge >= 0.3 is 0 Å². The number of carbonyl (C=O) groups excluding carboxylic acids is 1. The summed E-state index contributed by atoms with van der Waals surface area (Å²) in [7, 11) is 0. The summed E-state index contributed by atoms with van der Waals surface area (Å²) in [6, 6.07) is 15.6. The second kappa shape index (κ2) is 9.96. The molecule has 0 atom stereocenters. The van der Waals surface area contributed by atoms with Crippen LogP contribution in [0.15, 0.2) is 48.5 Å². The van der Waals surface area contributed by atoms with E-state index in [2.05, 4.69) is 34.7 Å². The van der Waals surface area contributed by atoms with E-state index in [1.54, 1.807) is 0 Å². The van der Waals surface area contributed by atoms with Gasteiger partial charge in [-0.15, -0.1) is 0 Å². The molecular weight excluding hydrogens is 388 g/mol. The molecule has 164 valence electrons. The SMILES string of the molecule is CC(C)n1c(CN2CCCCCC2)nc2cc(NC(=O)COc3ccccc3)ccc21. The van der Waals surface area contributed by atoms with Crippen LogP contribution in [0.5, 0.6) is 5.75 Å². The van der Waals surface area contributed by atoms with Crippen LogP contribution in [0.25, 0.3) is 11.0 Å². The molecule has 0 bridgehead atoms. The minimum absolute atomic E-state index is 0.0251. The van der Waals surface area contributed by atoms with Crippen LogP contribution in [0.1, 0.15) is 51.4 Å². The monoisotopic (exact) mass is 420 g/mol. The molecule has 0 unspecified atom stereocenters. The lowest BCUT2D eigenvalue weighted by Gasteiger charge is -2.21. The third-order valence-corrected chi connectivity index (χ3v) is 5.74. The average Bonchev–Trinajstić information content (AvgIpc) is 2.92. The van der Waals surface area contributed by atoms with E-state index in [0.717, 1.165) is 42.2 Å². The fourth-order valence-electron chi connectivity index (χ4n) is 4.27. The van der Waals surface area contributed by atoms with Crippen LogP contribution in [-0.4, -0.2) is 40.1 Å². The van der Waals surface area contributed by atoms with Gasteiger partial charge in [-0.25, -0.2) is 4.98 Å². The Labute approximate surface area is 184 Å². The number of carbonyl (C=O) groups is 1. The first-order chi connectivity index (χ1) is 15.1. The van der Waals surface area contributed by atoms with Crippen molar-refractivity contribution < 1.29 is 9.53 Å². The smallest absolute Gasteiger partial charge is 0.262 e. The van der Waals surface area contributed by atoms with Crippen molar-refractivity contribution in [1.82, 2.24) is 14.5 Å². The Bertz CT molecular complexity index is 1010. The van der Waals surface area contributed by atoms with Gasteiger partial charge in [0.1, 0.15) is 11.6 Å². The van der Waals surface area contributed by atoms with Gasteiger partial charge in [0.25, 0.3) is 5.91 Å². The van der Waals surface area contributed by atoms with E-state index in [1.165, 1.54) is 25.7 Å². The van der Waals surface area contributed by atoms with Crippen molar-refractivity contribution in [1.29, 1.82) is 0 Å². The maximum Gasteiger partial charge on any atom is 0.262 e. The number of fused-ring (bicyclic) bond motifs is 1. The summed E-state index contributed by atoms with van der Waals surface area (Å²) < 4.78 is 7.86. The molecule has 0 aliphatic carbocycles. The van der Waals surface area contributed by atoms with Crippen LogP contribution in [0.4, 0.5) is 5.69 Å². The number of benzene rings is 2. The van der Waals surface area contributed by atoms with Gasteiger partial charge in [0, 0.05) is 11.7 Å². The van der Waals surface area contributed by atoms with Crippen molar-refractivity contribution in [2.24, 2.45) is 0 Å². The van der Waals surface area contributed by atoms with Crippen LogP contribution in [0, 0.1) is 0 Å². The van der Waals surface area contributed by atoms with E-state index in [-0.39, 0.29) is 12.5 Å². The van der Waals surface area contributed by atoms with Crippen molar-refractivity contribution in [2.45, 2.75) is 52.1 Å². The molecule has 1 aliphatic heterocycles. The number of ether oxygens (including phenoxy) is 1.